The van der Waals surface area contributed by atoms with Gasteiger partial charge < -0.3 is 10.6 Å². The number of hydrogen-bond acceptors (Lipinski definition) is 1. The van der Waals surface area contributed by atoms with Gasteiger partial charge in [0.2, 0.25) is 0 Å². The first-order valence-electron chi connectivity index (χ1n) is 6.66. The van der Waals surface area contributed by atoms with E-state index in [9.17, 15) is 4.79 Å². The SMILES string of the molecule is CCC(CCC(C)C)NC(=O)NCC1CC1. The van der Waals surface area contributed by atoms with E-state index in [0.717, 1.165) is 25.3 Å². The summed E-state index contributed by atoms with van der Waals surface area (Å²) in [5.41, 5.74) is 0. The van der Waals surface area contributed by atoms with E-state index in [1.807, 2.05) is 0 Å². The van der Waals surface area contributed by atoms with Crippen molar-refractivity contribution in [2.45, 2.75) is 58.9 Å². The average Bonchev–Trinajstić information content (AvgIpc) is 3.04. The van der Waals surface area contributed by atoms with Crippen LogP contribution in [-0.4, -0.2) is 18.6 Å². The number of carbonyl (C=O) groups excluding carboxylic acids is 1. The Hall–Kier alpha value is -0.730. The topological polar surface area (TPSA) is 41.1 Å². The van der Waals surface area contributed by atoms with Gasteiger partial charge in [0.25, 0.3) is 0 Å². The van der Waals surface area contributed by atoms with Crippen molar-refractivity contribution >= 4 is 6.03 Å². The Morgan fingerprint density at radius 1 is 1.31 bits per heavy atom. The van der Waals surface area contributed by atoms with E-state index >= 15 is 0 Å². The van der Waals surface area contributed by atoms with Crippen LogP contribution in [0.2, 0.25) is 0 Å². The standard InChI is InChI=1S/C13H26N2O/c1-4-12(8-5-10(2)3)15-13(16)14-9-11-6-7-11/h10-12H,4-9H2,1-3H3,(H2,14,15,16). The Bertz CT molecular complexity index is 212. The zero-order valence-electron chi connectivity index (χ0n) is 10.9. The van der Waals surface area contributed by atoms with Crippen molar-refractivity contribution in [3.05, 3.63) is 0 Å². The summed E-state index contributed by atoms with van der Waals surface area (Å²) in [6.07, 6.45) is 5.85. The monoisotopic (exact) mass is 226 g/mol. The van der Waals surface area contributed by atoms with Crippen molar-refractivity contribution in [1.29, 1.82) is 0 Å². The highest BCUT2D eigenvalue weighted by molar-refractivity contribution is 5.74. The Morgan fingerprint density at radius 2 is 2.00 bits per heavy atom. The fourth-order valence-electron chi connectivity index (χ4n) is 1.71. The molecule has 16 heavy (non-hydrogen) atoms. The predicted octanol–water partition coefficient (Wildman–Crippen LogP) is 2.91. The van der Waals surface area contributed by atoms with E-state index in [2.05, 4.69) is 31.4 Å². The third kappa shape index (κ3) is 5.99. The molecule has 0 aliphatic heterocycles. The van der Waals surface area contributed by atoms with Crippen LogP contribution >= 0.6 is 0 Å². The van der Waals surface area contributed by atoms with Crippen molar-refractivity contribution in [1.82, 2.24) is 10.6 Å². The van der Waals surface area contributed by atoms with Crippen LogP contribution in [-0.2, 0) is 0 Å². The van der Waals surface area contributed by atoms with Crippen LogP contribution in [0.4, 0.5) is 4.79 Å². The molecule has 1 saturated carbocycles. The van der Waals surface area contributed by atoms with Gasteiger partial charge in [-0.1, -0.05) is 20.8 Å². The maximum absolute atomic E-state index is 11.6. The van der Waals surface area contributed by atoms with Gasteiger partial charge in [-0.2, -0.15) is 0 Å². The number of nitrogens with one attached hydrogen (secondary N) is 2. The van der Waals surface area contributed by atoms with Crippen molar-refractivity contribution in [2.24, 2.45) is 11.8 Å². The van der Waals surface area contributed by atoms with Crippen LogP contribution in [0.3, 0.4) is 0 Å². The summed E-state index contributed by atoms with van der Waals surface area (Å²) in [7, 11) is 0. The van der Waals surface area contributed by atoms with E-state index < -0.39 is 0 Å². The third-order valence-corrected chi connectivity index (χ3v) is 3.17. The molecule has 94 valence electrons. The molecule has 1 atom stereocenters. The van der Waals surface area contributed by atoms with Crippen LogP contribution in [0.1, 0.15) is 52.9 Å². The molecule has 0 bridgehead atoms. The molecule has 3 heteroatoms. The Kier molecular flexibility index (Phi) is 5.64. The number of hydrogen-bond donors (Lipinski definition) is 2. The molecule has 0 aromatic carbocycles. The summed E-state index contributed by atoms with van der Waals surface area (Å²) in [6, 6.07) is 0.351. The van der Waals surface area contributed by atoms with E-state index in [4.69, 9.17) is 0 Å². The first-order valence-corrected chi connectivity index (χ1v) is 6.66. The molecule has 0 radical (unpaired) electrons. The van der Waals surface area contributed by atoms with Crippen molar-refractivity contribution < 1.29 is 4.79 Å². The highest BCUT2D eigenvalue weighted by atomic mass is 16.2. The fraction of sp³-hybridized carbons (Fsp3) is 0.923. The lowest BCUT2D eigenvalue weighted by Gasteiger charge is -2.18. The second-order valence-corrected chi connectivity index (χ2v) is 5.37. The maximum atomic E-state index is 11.6. The smallest absolute Gasteiger partial charge is 0.315 e. The molecule has 0 aromatic heterocycles. The minimum atomic E-state index is 0.0162. The predicted molar refractivity (Wildman–Crippen MR) is 67.4 cm³/mol. The van der Waals surface area contributed by atoms with E-state index in [1.54, 1.807) is 0 Å². The fourth-order valence-corrected chi connectivity index (χ4v) is 1.71. The van der Waals surface area contributed by atoms with E-state index in [0.29, 0.717) is 12.0 Å². The molecule has 1 unspecified atom stereocenters. The maximum Gasteiger partial charge on any atom is 0.315 e. The van der Waals surface area contributed by atoms with Gasteiger partial charge in [0.15, 0.2) is 0 Å². The number of urea groups is 1. The summed E-state index contributed by atoms with van der Waals surface area (Å²) in [6.45, 7) is 7.43. The first kappa shape index (κ1) is 13.3. The molecule has 0 saturated heterocycles. The minimum Gasteiger partial charge on any atom is -0.338 e. The summed E-state index contributed by atoms with van der Waals surface area (Å²) >= 11 is 0. The van der Waals surface area contributed by atoms with Crippen LogP contribution < -0.4 is 10.6 Å². The van der Waals surface area contributed by atoms with Gasteiger partial charge in [-0.05, 0) is 43.9 Å². The molecule has 0 heterocycles. The lowest BCUT2D eigenvalue weighted by atomic mass is 10.0. The van der Waals surface area contributed by atoms with Crippen molar-refractivity contribution in [3.63, 3.8) is 0 Å². The molecule has 1 aliphatic rings. The molecule has 2 N–H and O–H groups in total. The summed E-state index contributed by atoms with van der Waals surface area (Å²) in [5.74, 6) is 1.46. The van der Waals surface area contributed by atoms with Crippen molar-refractivity contribution in [2.75, 3.05) is 6.54 Å². The Labute approximate surface area is 99.4 Å². The number of rotatable bonds is 7. The van der Waals surface area contributed by atoms with Gasteiger partial charge in [-0.15, -0.1) is 0 Å². The molecule has 1 rings (SSSR count). The molecular formula is C13H26N2O. The summed E-state index contributed by atoms with van der Waals surface area (Å²) < 4.78 is 0. The first-order chi connectivity index (χ1) is 7.61. The van der Waals surface area contributed by atoms with Gasteiger partial charge in [0, 0.05) is 12.6 Å². The van der Waals surface area contributed by atoms with Gasteiger partial charge in [0.05, 0.1) is 0 Å². The normalized spacial score (nSPS) is 17.2. The van der Waals surface area contributed by atoms with Gasteiger partial charge in [0.1, 0.15) is 0 Å². The quantitative estimate of drug-likeness (QED) is 0.688. The second kappa shape index (κ2) is 6.77. The molecule has 3 nitrogen and oxygen atoms in total. The van der Waals surface area contributed by atoms with Crippen LogP contribution in [0.5, 0.6) is 0 Å². The molecule has 1 aliphatic carbocycles. The highest BCUT2D eigenvalue weighted by Gasteiger charge is 2.21. The van der Waals surface area contributed by atoms with Gasteiger partial charge >= 0.3 is 6.03 Å². The number of amides is 2. The average molecular weight is 226 g/mol. The molecule has 0 aromatic rings. The second-order valence-electron chi connectivity index (χ2n) is 5.37. The molecule has 2 amide bonds. The molecular weight excluding hydrogens is 200 g/mol. The summed E-state index contributed by atoms with van der Waals surface area (Å²) in [5, 5.41) is 6.00. The molecule has 0 spiro atoms. The highest BCUT2D eigenvalue weighted by Crippen LogP contribution is 2.27. The van der Waals surface area contributed by atoms with Gasteiger partial charge in [-0.3, -0.25) is 0 Å². The van der Waals surface area contributed by atoms with Crippen LogP contribution in [0, 0.1) is 11.8 Å². The Morgan fingerprint density at radius 3 is 2.50 bits per heavy atom. The van der Waals surface area contributed by atoms with Crippen LogP contribution in [0.15, 0.2) is 0 Å². The van der Waals surface area contributed by atoms with Crippen LogP contribution in [0.25, 0.3) is 0 Å². The number of carbonyl (C=O) groups is 1. The Balaban J connectivity index is 2.11. The summed E-state index contributed by atoms with van der Waals surface area (Å²) in [4.78, 5) is 11.6. The zero-order chi connectivity index (χ0) is 12.0. The minimum absolute atomic E-state index is 0.0162. The van der Waals surface area contributed by atoms with Gasteiger partial charge in [-0.25, -0.2) is 4.79 Å². The van der Waals surface area contributed by atoms with E-state index in [1.165, 1.54) is 19.3 Å². The third-order valence-electron chi connectivity index (χ3n) is 3.17. The largest absolute Gasteiger partial charge is 0.338 e. The molecule has 1 fully saturated rings. The van der Waals surface area contributed by atoms with Crippen molar-refractivity contribution in [3.8, 4) is 0 Å². The lowest BCUT2D eigenvalue weighted by Crippen LogP contribution is -2.42. The lowest BCUT2D eigenvalue weighted by molar-refractivity contribution is 0.234. The zero-order valence-corrected chi connectivity index (χ0v) is 10.9. The van der Waals surface area contributed by atoms with E-state index in [-0.39, 0.29) is 6.03 Å².